The van der Waals surface area contributed by atoms with Crippen molar-refractivity contribution in [1.29, 1.82) is 0 Å². The van der Waals surface area contributed by atoms with Gasteiger partial charge in [-0.15, -0.1) is 0 Å². The van der Waals surface area contributed by atoms with Crippen molar-refractivity contribution in [3.05, 3.63) is 47.8 Å². The summed E-state index contributed by atoms with van der Waals surface area (Å²) in [5.41, 5.74) is 2.98. The summed E-state index contributed by atoms with van der Waals surface area (Å²) in [7, 11) is 0. The first-order valence-electron chi connectivity index (χ1n) is 5.95. The van der Waals surface area contributed by atoms with Crippen molar-refractivity contribution in [2.75, 3.05) is 5.32 Å². The second-order valence-electron chi connectivity index (χ2n) is 4.32. The molecule has 20 heavy (non-hydrogen) atoms. The van der Waals surface area contributed by atoms with Crippen LogP contribution in [-0.4, -0.2) is 21.0 Å². The highest BCUT2D eigenvalue weighted by molar-refractivity contribution is 5.92. The van der Waals surface area contributed by atoms with E-state index >= 15 is 0 Å². The predicted molar refractivity (Wildman–Crippen MR) is 73.2 cm³/mol. The quantitative estimate of drug-likeness (QED) is 0.760. The monoisotopic (exact) mass is 269 g/mol. The summed E-state index contributed by atoms with van der Waals surface area (Å²) in [5, 5.41) is 12.0. The van der Waals surface area contributed by atoms with Crippen LogP contribution in [0.3, 0.4) is 0 Å². The first-order valence-corrected chi connectivity index (χ1v) is 5.95. The summed E-state index contributed by atoms with van der Waals surface area (Å²) in [6.45, 7) is 1.94. The molecule has 100 valence electrons. The van der Waals surface area contributed by atoms with Crippen LogP contribution in [-0.2, 0) is 0 Å². The van der Waals surface area contributed by atoms with Crippen LogP contribution >= 0.6 is 0 Å². The largest absolute Gasteiger partial charge is 0.478 e. The van der Waals surface area contributed by atoms with E-state index < -0.39 is 5.97 Å². The number of aromatic carboxylic acids is 1. The van der Waals surface area contributed by atoms with Gasteiger partial charge in [0.1, 0.15) is 5.52 Å². The number of pyridine rings is 1. The fraction of sp³-hybridized carbons (Fsp3) is 0.0714. The standard InChI is InChI=1S/C14H11N3O3/c1-8-4-5-15-7-11(8)17-14-16-10-3-2-9(13(18)19)6-12(10)20-14/h2-7H,1H3,(H,16,17)(H,18,19). The molecule has 0 spiro atoms. The average molecular weight is 269 g/mol. The Kier molecular flexibility index (Phi) is 2.83. The molecule has 3 aromatic rings. The van der Waals surface area contributed by atoms with Crippen molar-refractivity contribution < 1.29 is 14.3 Å². The molecule has 0 fully saturated rings. The van der Waals surface area contributed by atoms with Gasteiger partial charge in [0, 0.05) is 6.20 Å². The molecule has 0 amide bonds. The summed E-state index contributed by atoms with van der Waals surface area (Å²) in [6, 6.07) is 6.73. The van der Waals surface area contributed by atoms with Gasteiger partial charge >= 0.3 is 5.97 Å². The number of carboxylic acids is 1. The lowest BCUT2D eigenvalue weighted by molar-refractivity contribution is 0.0697. The first kappa shape index (κ1) is 12.2. The lowest BCUT2D eigenvalue weighted by Crippen LogP contribution is -1.94. The Morgan fingerprint density at radius 1 is 1.35 bits per heavy atom. The van der Waals surface area contributed by atoms with Gasteiger partial charge < -0.3 is 14.8 Å². The Morgan fingerprint density at radius 2 is 2.20 bits per heavy atom. The van der Waals surface area contributed by atoms with Crippen LogP contribution in [0.1, 0.15) is 15.9 Å². The number of rotatable bonds is 3. The third kappa shape index (κ3) is 2.18. The molecular formula is C14H11N3O3. The van der Waals surface area contributed by atoms with Crippen LogP contribution in [0.15, 0.2) is 41.1 Å². The highest BCUT2D eigenvalue weighted by Gasteiger charge is 2.10. The molecule has 0 aliphatic carbocycles. The van der Waals surface area contributed by atoms with Gasteiger partial charge in [-0.1, -0.05) is 0 Å². The van der Waals surface area contributed by atoms with Crippen molar-refractivity contribution in [3.8, 4) is 0 Å². The maximum Gasteiger partial charge on any atom is 0.335 e. The smallest absolute Gasteiger partial charge is 0.335 e. The van der Waals surface area contributed by atoms with Gasteiger partial charge in [0.25, 0.3) is 6.01 Å². The van der Waals surface area contributed by atoms with Gasteiger partial charge in [0.15, 0.2) is 5.58 Å². The molecule has 1 aromatic carbocycles. The maximum absolute atomic E-state index is 10.9. The van der Waals surface area contributed by atoms with Gasteiger partial charge in [0.05, 0.1) is 17.4 Å². The van der Waals surface area contributed by atoms with Gasteiger partial charge in [0.2, 0.25) is 0 Å². The minimum Gasteiger partial charge on any atom is -0.478 e. The Hall–Kier alpha value is -2.89. The van der Waals surface area contributed by atoms with Crippen LogP contribution in [0.5, 0.6) is 0 Å². The normalized spacial score (nSPS) is 10.7. The van der Waals surface area contributed by atoms with E-state index in [0.717, 1.165) is 11.3 Å². The predicted octanol–water partition coefficient (Wildman–Crippen LogP) is 2.97. The van der Waals surface area contributed by atoms with E-state index in [0.29, 0.717) is 17.1 Å². The SMILES string of the molecule is Cc1ccncc1Nc1nc2ccc(C(=O)O)cc2o1. The van der Waals surface area contributed by atoms with Gasteiger partial charge in [-0.2, -0.15) is 4.98 Å². The Balaban J connectivity index is 1.97. The zero-order valence-corrected chi connectivity index (χ0v) is 10.6. The number of carboxylic acid groups (broad SMARTS) is 1. The minimum atomic E-state index is -0.999. The summed E-state index contributed by atoms with van der Waals surface area (Å²) in [6.07, 6.45) is 3.37. The molecule has 2 N–H and O–H groups in total. The molecule has 2 aromatic heterocycles. The lowest BCUT2D eigenvalue weighted by atomic mass is 10.2. The second-order valence-corrected chi connectivity index (χ2v) is 4.32. The number of hydrogen-bond donors (Lipinski definition) is 2. The molecule has 0 atom stereocenters. The molecule has 6 nitrogen and oxygen atoms in total. The first-order chi connectivity index (χ1) is 9.63. The Bertz CT molecular complexity index is 795. The van der Waals surface area contributed by atoms with Crippen molar-refractivity contribution in [2.24, 2.45) is 0 Å². The fourth-order valence-electron chi connectivity index (χ4n) is 1.82. The third-order valence-corrected chi connectivity index (χ3v) is 2.92. The van der Waals surface area contributed by atoms with Gasteiger partial charge in [-0.05, 0) is 36.8 Å². The van der Waals surface area contributed by atoms with E-state index in [1.54, 1.807) is 18.5 Å². The number of hydrogen-bond acceptors (Lipinski definition) is 5. The highest BCUT2D eigenvalue weighted by Crippen LogP contribution is 2.24. The number of fused-ring (bicyclic) bond motifs is 1. The van der Waals surface area contributed by atoms with E-state index in [1.807, 2.05) is 13.0 Å². The highest BCUT2D eigenvalue weighted by atomic mass is 16.4. The van der Waals surface area contributed by atoms with Gasteiger partial charge in [-0.3, -0.25) is 4.98 Å². The van der Waals surface area contributed by atoms with E-state index in [4.69, 9.17) is 9.52 Å². The molecule has 3 rings (SSSR count). The Morgan fingerprint density at radius 3 is 2.95 bits per heavy atom. The molecule has 0 saturated heterocycles. The molecule has 6 heteroatoms. The number of carbonyl (C=O) groups is 1. The van der Waals surface area contributed by atoms with E-state index in [1.165, 1.54) is 12.1 Å². The molecule has 0 aliphatic heterocycles. The molecule has 0 radical (unpaired) electrons. The van der Waals surface area contributed by atoms with Crippen molar-refractivity contribution in [3.63, 3.8) is 0 Å². The van der Waals surface area contributed by atoms with Gasteiger partial charge in [-0.25, -0.2) is 4.79 Å². The summed E-state index contributed by atoms with van der Waals surface area (Å²) in [5.74, 6) is -0.999. The summed E-state index contributed by atoms with van der Waals surface area (Å²) in [4.78, 5) is 19.2. The molecule has 0 bridgehead atoms. The number of benzene rings is 1. The number of aromatic nitrogens is 2. The topological polar surface area (TPSA) is 88.2 Å². The average Bonchev–Trinajstić information content (AvgIpc) is 2.82. The third-order valence-electron chi connectivity index (χ3n) is 2.92. The van der Waals surface area contributed by atoms with Crippen LogP contribution in [0.25, 0.3) is 11.1 Å². The van der Waals surface area contributed by atoms with Crippen molar-refractivity contribution in [1.82, 2.24) is 9.97 Å². The number of oxazole rings is 1. The van der Waals surface area contributed by atoms with Crippen LogP contribution < -0.4 is 5.32 Å². The number of nitrogens with one attached hydrogen (secondary N) is 1. The lowest BCUT2D eigenvalue weighted by Gasteiger charge is -2.03. The van der Waals surface area contributed by atoms with Crippen molar-refractivity contribution >= 4 is 28.8 Å². The molecule has 0 aliphatic rings. The van der Waals surface area contributed by atoms with E-state index in [2.05, 4.69) is 15.3 Å². The number of nitrogens with zero attached hydrogens (tertiary/aromatic N) is 2. The van der Waals surface area contributed by atoms with Crippen LogP contribution in [0.4, 0.5) is 11.7 Å². The van der Waals surface area contributed by atoms with E-state index in [-0.39, 0.29) is 5.56 Å². The fourth-order valence-corrected chi connectivity index (χ4v) is 1.82. The maximum atomic E-state index is 10.9. The Labute approximate surface area is 114 Å². The summed E-state index contributed by atoms with van der Waals surface area (Å²) >= 11 is 0. The zero-order chi connectivity index (χ0) is 14.1. The number of anilines is 2. The summed E-state index contributed by atoms with van der Waals surface area (Å²) < 4.78 is 5.50. The minimum absolute atomic E-state index is 0.165. The zero-order valence-electron chi connectivity index (χ0n) is 10.6. The van der Waals surface area contributed by atoms with E-state index in [9.17, 15) is 4.79 Å². The number of aryl methyl sites for hydroxylation is 1. The van der Waals surface area contributed by atoms with Crippen LogP contribution in [0, 0.1) is 6.92 Å². The van der Waals surface area contributed by atoms with Crippen molar-refractivity contribution in [2.45, 2.75) is 6.92 Å². The molecule has 2 heterocycles. The molecular weight excluding hydrogens is 258 g/mol. The van der Waals surface area contributed by atoms with Crippen LogP contribution in [0.2, 0.25) is 0 Å². The molecule has 0 unspecified atom stereocenters. The molecule has 0 saturated carbocycles. The second kappa shape index (κ2) is 4.65.